The van der Waals surface area contributed by atoms with Crippen molar-refractivity contribution in [2.75, 3.05) is 38.5 Å². The van der Waals surface area contributed by atoms with Crippen molar-refractivity contribution < 1.29 is 19.8 Å². The molecule has 6 nitrogen and oxygen atoms in total. The number of benzene rings is 1. The van der Waals surface area contributed by atoms with Crippen LogP contribution in [0.4, 0.5) is 0 Å². The van der Waals surface area contributed by atoms with E-state index in [9.17, 15) is 0 Å². The van der Waals surface area contributed by atoms with Gasteiger partial charge in [-0.1, -0.05) is 18.2 Å². The van der Waals surface area contributed by atoms with Crippen molar-refractivity contribution in [3.8, 4) is 0 Å². The molecule has 7 heteroatoms. The molecule has 0 aromatic heterocycles. The Hall–Kier alpha value is -1.57. The van der Waals surface area contributed by atoms with E-state index in [0.29, 0.717) is 0 Å². The van der Waals surface area contributed by atoms with Crippen molar-refractivity contribution in [3.05, 3.63) is 30.3 Å². The Bertz CT molecular complexity index is 452. The number of rotatable bonds is 6. The lowest BCUT2D eigenvalue weighted by atomic mass is 10.3. The van der Waals surface area contributed by atoms with Crippen LogP contribution >= 0.6 is 11.8 Å². The van der Waals surface area contributed by atoms with Crippen molar-refractivity contribution in [1.29, 1.82) is 0 Å². The Morgan fingerprint density at radius 3 is 2.22 bits per heavy atom. The summed E-state index contributed by atoms with van der Waals surface area (Å²) in [5, 5.41) is 18.2. The zero-order valence-electron chi connectivity index (χ0n) is 13.1. The van der Waals surface area contributed by atoms with Crippen molar-refractivity contribution >= 4 is 23.7 Å². The first-order valence-electron chi connectivity index (χ1n) is 7.66. The predicted molar refractivity (Wildman–Crippen MR) is 91.0 cm³/mol. The van der Waals surface area contributed by atoms with Crippen LogP contribution < -0.4 is 5.32 Å². The number of thioether (sulfide) groups is 1. The van der Waals surface area contributed by atoms with E-state index >= 15 is 0 Å². The second-order valence-corrected chi connectivity index (χ2v) is 6.24. The molecule has 1 saturated heterocycles. The van der Waals surface area contributed by atoms with E-state index in [1.807, 2.05) is 11.8 Å². The van der Waals surface area contributed by atoms with Gasteiger partial charge in [0, 0.05) is 31.1 Å². The van der Waals surface area contributed by atoms with Gasteiger partial charge in [0.05, 0.1) is 0 Å². The van der Waals surface area contributed by atoms with E-state index in [4.69, 9.17) is 19.8 Å². The molecule has 1 aromatic rings. The van der Waals surface area contributed by atoms with Gasteiger partial charge < -0.3 is 20.4 Å². The van der Waals surface area contributed by atoms with Crippen LogP contribution in [0.2, 0.25) is 0 Å². The molecule has 23 heavy (non-hydrogen) atoms. The minimum atomic E-state index is -1.82. The van der Waals surface area contributed by atoms with Gasteiger partial charge >= 0.3 is 11.9 Å². The van der Waals surface area contributed by atoms with Gasteiger partial charge in [0.2, 0.25) is 0 Å². The molecule has 0 saturated carbocycles. The third-order valence-corrected chi connectivity index (χ3v) is 4.37. The first-order chi connectivity index (χ1) is 11.1. The van der Waals surface area contributed by atoms with Crippen LogP contribution in [0.1, 0.15) is 12.8 Å². The zero-order valence-corrected chi connectivity index (χ0v) is 13.9. The second-order valence-electron chi connectivity index (χ2n) is 5.07. The Labute approximate surface area is 140 Å². The van der Waals surface area contributed by atoms with Crippen LogP contribution in [0.25, 0.3) is 0 Å². The van der Waals surface area contributed by atoms with Crippen LogP contribution in [0.15, 0.2) is 35.2 Å². The molecule has 2 rings (SSSR count). The highest BCUT2D eigenvalue weighted by Gasteiger charge is 2.08. The van der Waals surface area contributed by atoms with Crippen molar-refractivity contribution in [3.63, 3.8) is 0 Å². The highest BCUT2D eigenvalue weighted by atomic mass is 32.2. The topological polar surface area (TPSA) is 89.9 Å². The standard InChI is InChI=1S/C14H22N2S.C2H2O4/c1-2-6-14(7-3-1)17-13-5-4-10-16-11-8-15-9-12-16;3-1(4)2(5)6/h1-3,6-7,15H,4-5,8-13H2;(H,3,4)(H,5,6). The number of carbonyl (C=O) groups is 2. The highest BCUT2D eigenvalue weighted by molar-refractivity contribution is 7.99. The summed E-state index contributed by atoms with van der Waals surface area (Å²) in [4.78, 5) is 22.2. The van der Waals surface area contributed by atoms with Crippen molar-refractivity contribution in [1.82, 2.24) is 10.2 Å². The Morgan fingerprint density at radius 1 is 1.04 bits per heavy atom. The molecule has 1 aromatic carbocycles. The fourth-order valence-corrected chi connectivity index (χ4v) is 3.01. The molecule has 0 spiro atoms. The highest BCUT2D eigenvalue weighted by Crippen LogP contribution is 2.18. The number of carboxylic acid groups (broad SMARTS) is 2. The van der Waals surface area contributed by atoms with E-state index in [1.165, 1.54) is 56.2 Å². The molecule has 1 aliphatic heterocycles. The minimum absolute atomic E-state index is 1.17. The van der Waals surface area contributed by atoms with Crippen molar-refractivity contribution in [2.24, 2.45) is 0 Å². The molecule has 1 fully saturated rings. The lowest BCUT2D eigenvalue weighted by Gasteiger charge is -2.26. The van der Waals surface area contributed by atoms with Gasteiger partial charge in [-0.25, -0.2) is 9.59 Å². The Morgan fingerprint density at radius 2 is 1.65 bits per heavy atom. The average Bonchev–Trinajstić information content (AvgIpc) is 2.57. The number of aliphatic carboxylic acids is 2. The van der Waals surface area contributed by atoms with Gasteiger partial charge in [-0.15, -0.1) is 11.8 Å². The molecular weight excluding hydrogens is 316 g/mol. The van der Waals surface area contributed by atoms with Crippen LogP contribution in [0, 0.1) is 0 Å². The van der Waals surface area contributed by atoms with Crippen LogP contribution in [-0.4, -0.2) is 65.5 Å². The predicted octanol–water partition coefficient (Wildman–Crippen LogP) is 1.62. The quantitative estimate of drug-likeness (QED) is 0.412. The average molecular weight is 340 g/mol. The van der Waals surface area contributed by atoms with Gasteiger partial charge in [0.1, 0.15) is 0 Å². The summed E-state index contributed by atoms with van der Waals surface area (Å²) in [6, 6.07) is 10.7. The molecule has 0 unspecified atom stereocenters. The SMILES string of the molecule is O=C(O)C(=O)O.c1ccc(SCCCCN2CCNCC2)cc1. The van der Waals surface area contributed by atoms with Gasteiger partial charge in [-0.3, -0.25) is 0 Å². The van der Waals surface area contributed by atoms with Gasteiger partial charge in [-0.2, -0.15) is 0 Å². The first-order valence-corrected chi connectivity index (χ1v) is 8.65. The van der Waals surface area contributed by atoms with Gasteiger partial charge in [0.25, 0.3) is 0 Å². The van der Waals surface area contributed by atoms with E-state index < -0.39 is 11.9 Å². The molecule has 0 atom stereocenters. The molecule has 0 aliphatic carbocycles. The van der Waals surface area contributed by atoms with Crippen LogP contribution in [-0.2, 0) is 9.59 Å². The summed E-state index contributed by atoms with van der Waals surface area (Å²) in [7, 11) is 0. The zero-order chi connectivity index (χ0) is 16.9. The fraction of sp³-hybridized carbons (Fsp3) is 0.500. The first kappa shape index (κ1) is 19.5. The molecular formula is C16H24N2O4S. The largest absolute Gasteiger partial charge is 0.473 e. The Balaban J connectivity index is 0.000000379. The number of piperazine rings is 1. The molecule has 0 amide bonds. The molecule has 0 bridgehead atoms. The maximum Gasteiger partial charge on any atom is 0.414 e. The minimum Gasteiger partial charge on any atom is -0.473 e. The lowest BCUT2D eigenvalue weighted by molar-refractivity contribution is -0.159. The number of nitrogens with one attached hydrogen (secondary N) is 1. The number of carboxylic acids is 2. The van der Waals surface area contributed by atoms with E-state index in [0.717, 1.165) is 0 Å². The van der Waals surface area contributed by atoms with E-state index in [2.05, 4.69) is 40.5 Å². The molecule has 1 heterocycles. The summed E-state index contributed by atoms with van der Waals surface area (Å²) in [5.41, 5.74) is 0. The van der Waals surface area contributed by atoms with Gasteiger partial charge in [0.15, 0.2) is 0 Å². The molecule has 0 radical (unpaired) electrons. The normalized spacial score (nSPS) is 14.6. The summed E-state index contributed by atoms with van der Waals surface area (Å²) in [6.45, 7) is 6.06. The third kappa shape index (κ3) is 9.93. The second kappa shape index (κ2) is 11.9. The molecule has 3 N–H and O–H groups in total. The molecule has 128 valence electrons. The number of hydrogen-bond donors (Lipinski definition) is 3. The Kier molecular flexibility index (Phi) is 10.1. The van der Waals surface area contributed by atoms with E-state index in [-0.39, 0.29) is 0 Å². The summed E-state index contributed by atoms with van der Waals surface area (Å²) in [6.07, 6.45) is 2.66. The number of hydrogen-bond acceptors (Lipinski definition) is 5. The molecule has 1 aliphatic rings. The number of unbranched alkanes of at least 4 members (excludes halogenated alkanes) is 1. The maximum absolute atomic E-state index is 9.10. The smallest absolute Gasteiger partial charge is 0.414 e. The van der Waals surface area contributed by atoms with Gasteiger partial charge in [-0.05, 0) is 37.3 Å². The number of nitrogens with zero attached hydrogens (tertiary/aromatic N) is 1. The third-order valence-electron chi connectivity index (χ3n) is 3.27. The summed E-state index contributed by atoms with van der Waals surface area (Å²) >= 11 is 1.98. The summed E-state index contributed by atoms with van der Waals surface area (Å²) < 4.78 is 0. The van der Waals surface area contributed by atoms with Crippen LogP contribution in [0.3, 0.4) is 0 Å². The summed E-state index contributed by atoms with van der Waals surface area (Å²) in [5.74, 6) is -2.40. The van der Waals surface area contributed by atoms with Crippen molar-refractivity contribution in [2.45, 2.75) is 17.7 Å². The maximum atomic E-state index is 9.10. The fourth-order valence-electron chi connectivity index (χ4n) is 2.08. The van der Waals surface area contributed by atoms with E-state index in [1.54, 1.807) is 0 Å². The lowest BCUT2D eigenvalue weighted by Crippen LogP contribution is -2.43. The van der Waals surface area contributed by atoms with Crippen LogP contribution in [0.5, 0.6) is 0 Å². The monoisotopic (exact) mass is 340 g/mol.